The number of anilines is 1. The second kappa shape index (κ2) is 9.22. The zero-order valence-corrected chi connectivity index (χ0v) is 13.8. The fraction of sp³-hybridized carbons (Fsp3) is 0.625. The van der Waals surface area contributed by atoms with Gasteiger partial charge in [-0.25, -0.2) is 0 Å². The molecular weight excluding hydrogens is 272 g/mol. The van der Waals surface area contributed by atoms with Gasteiger partial charge in [-0.05, 0) is 36.6 Å². The van der Waals surface area contributed by atoms with Crippen molar-refractivity contribution < 1.29 is 4.74 Å². The van der Waals surface area contributed by atoms with Crippen molar-refractivity contribution in [1.29, 1.82) is 0 Å². The van der Waals surface area contributed by atoms with Gasteiger partial charge in [-0.3, -0.25) is 0 Å². The number of methoxy groups -OCH3 is 1. The Kier molecular flexibility index (Phi) is 7.97. The van der Waals surface area contributed by atoms with E-state index in [2.05, 4.69) is 43.2 Å². The SMILES string of the molecule is CCC(CC)N(C)c1ccc(Cl)cc1CNCCOC. The summed E-state index contributed by atoms with van der Waals surface area (Å²) >= 11 is 6.14. The van der Waals surface area contributed by atoms with Gasteiger partial charge in [0.15, 0.2) is 0 Å². The smallest absolute Gasteiger partial charge is 0.0587 e. The van der Waals surface area contributed by atoms with Crippen molar-refractivity contribution in [3.05, 3.63) is 28.8 Å². The van der Waals surface area contributed by atoms with Crippen molar-refractivity contribution in [3.8, 4) is 0 Å². The first-order valence-electron chi connectivity index (χ1n) is 7.34. The molecule has 0 aliphatic heterocycles. The molecule has 114 valence electrons. The summed E-state index contributed by atoms with van der Waals surface area (Å²) in [6.07, 6.45) is 2.29. The van der Waals surface area contributed by atoms with E-state index in [4.69, 9.17) is 16.3 Å². The molecule has 0 saturated heterocycles. The molecule has 0 fully saturated rings. The van der Waals surface area contributed by atoms with Crippen LogP contribution < -0.4 is 10.2 Å². The minimum atomic E-state index is 0.564. The number of halogens is 1. The van der Waals surface area contributed by atoms with Crippen molar-refractivity contribution >= 4 is 17.3 Å². The van der Waals surface area contributed by atoms with Gasteiger partial charge in [0.1, 0.15) is 0 Å². The first-order chi connectivity index (χ1) is 9.63. The van der Waals surface area contributed by atoms with Gasteiger partial charge in [0.05, 0.1) is 6.61 Å². The Morgan fingerprint density at radius 1 is 1.30 bits per heavy atom. The highest BCUT2D eigenvalue weighted by atomic mass is 35.5. The van der Waals surface area contributed by atoms with Crippen LogP contribution in [0.25, 0.3) is 0 Å². The highest BCUT2D eigenvalue weighted by Crippen LogP contribution is 2.26. The predicted octanol–water partition coefficient (Wildman–Crippen LogP) is 3.70. The molecule has 0 bridgehead atoms. The fourth-order valence-corrected chi connectivity index (χ4v) is 2.66. The van der Waals surface area contributed by atoms with Crippen molar-refractivity contribution in [2.45, 2.75) is 39.3 Å². The third-order valence-electron chi connectivity index (χ3n) is 3.71. The van der Waals surface area contributed by atoms with Gasteiger partial charge in [-0.15, -0.1) is 0 Å². The van der Waals surface area contributed by atoms with Crippen molar-refractivity contribution in [2.24, 2.45) is 0 Å². The summed E-state index contributed by atoms with van der Waals surface area (Å²) in [5, 5.41) is 4.18. The number of benzene rings is 1. The van der Waals surface area contributed by atoms with Gasteiger partial charge in [0.2, 0.25) is 0 Å². The highest BCUT2D eigenvalue weighted by Gasteiger charge is 2.14. The molecule has 0 aromatic heterocycles. The molecule has 1 aromatic carbocycles. The summed E-state index contributed by atoms with van der Waals surface area (Å²) in [7, 11) is 3.88. The van der Waals surface area contributed by atoms with Crippen LogP contribution in [0.3, 0.4) is 0 Å². The lowest BCUT2D eigenvalue weighted by Gasteiger charge is -2.30. The normalized spacial score (nSPS) is 11.1. The molecule has 0 saturated carbocycles. The first-order valence-corrected chi connectivity index (χ1v) is 7.72. The second-order valence-corrected chi connectivity index (χ2v) is 5.46. The number of ether oxygens (including phenoxy) is 1. The number of hydrogen-bond donors (Lipinski definition) is 1. The molecule has 0 aliphatic carbocycles. The van der Waals surface area contributed by atoms with Crippen molar-refractivity contribution in [2.75, 3.05) is 32.2 Å². The topological polar surface area (TPSA) is 24.5 Å². The minimum absolute atomic E-state index is 0.564. The second-order valence-electron chi connectivity index (χ2n) is 5.02. The van der Waals surface area contributed by atoms with E-state index in [1.54, 1.807) is 7.11 Å². The summed E-state index contributed by atoms with van der Waals surface area (Å²) in [6, 6.07) is 6.70. The molecule has 0 atom stereocenters. The van der Waals surface area contributed by atoms with Crippen LogP contribution in [0.2, 0.25) is 5.02 Å². The molecule has 0 unspecified atom stereocenters. The summed E-state index contributed by atoms with van der Waals surface area (Å²) < 4.78 is 5.06. The van der Waals surface area contributed by atoms with Gasteiger partial charge in [-0.1, -0.05) is 25.4 Å². The maximum absolute atomic E-state index is 6.14. The number of hydrogen-bond acceptors (Lipinski definition) is 3. The summed E-state index contributed by atoms with van der Waals surface area (Å²) in [4.78, 5) is 2.36. The van der Waals surface area contributed by atoms with E-state index in [0.717, 1.165) is 37.6 Å². The van der Waals surface area contributed by atoms with Gasteiger partial charge in [0, 0.05) is 44.0 Å². The average Bonchev–Trinajstić information content (AvgIpc) is 2.45. The van der Waals surface area contributed by atoms with E-state index < -0.39 is 0 Å². The molecular formula is C16H27ClN2O. The van der Waals surface area contributed by atoms with E-state index in [1.165, 1.54) is 11.3 Å². The Hall–Kier alpha value is -0.770. The fourth-order valence-electron chi connectivity index (χ4n) is 2.47. The van der Waals surface area contributed by atoms with E-state index >= 15 is 0 Å². The Bertz CT molecular complexity index is 394. The third-order valence-corrected chi connectivity index (χ3v) is 3.95. The van der Waals surface area contributed by atoms with E-state index in [9.17, 15) is 0 Å². The van der Waals surface area contributed by atoms with Crippen LogP contribution in [0.5, 0.6) is 0 Å². The van der Waals surface area contributed by atoms with Gasteiger partial charge >= 0.3 is 0 Å². The number of rotatable bonds is 9. The standard InChI is InChI=1S/C16H27ClN2O/c1-5-15(6-2)19(3)16-8-7-14(17)11-13(16)12-18-9-10-20-4/h7-8,11,15,18H,5-6,9-10,12H2,1-4H3. The molecule has 0 amide bonds. The lowest BCUT2D eigenvalue weighted by molar-refractivity contribution is 0.199. The molecule has 3 nitrogen and oxygen atoms in total. The van der Waals surface area contributed by atoms with Crippen LogP contribution >= 0.6 is 11.6 Å². The van der Waals surface area contributed by atoms with Gasteiger partial charge in [0.25, 0.3) is 0 Å². The molecule has 20 heavy (non-hydrogen) atoms. The van der Waals surface area contributed by atoms with Crippen LogP contribution in [0, 0.1) is 0 Å². The molecule has 0 aliphatic rings. The number of nitrogens with zero attached hydrogens (tertiary/aromatic N) is 1. The highest BCUT2D eigenvalue weighted by molar-refractivity contribution is 6.30. The zero-order chi connectivity index (χ0) is 15.0. The maximum Gasteiger partial charge on any atom is 0.0587 e. The summed E-state index contributed by atoms with van der Waals surface area (Å²) in [5.41, 5.74) is 2.50. The Labute approximate surface area is 128 Å². The monoisotopic (exact) mass is 298 g/mol. The van der Waals surface area contributed by atoms with Gasteiger partial charge in [-0.2, -0.15) is 0 Å². The zero-order valence-electron chi connectivity index (χ0n) is 13.1. The van der Waals surface area contributed by atoms with Crippen LogP contribution in [-0.4, -0.2) is 33.4 Å². The van der Waals surface area contributed by atoms with Crippen LogP contribution in [0.15, 0.2) is 18.2 Å². The maximum atomic E-state index is 6.14. The molecule has 4 heteroatoms. The largest absolute Gasteiger partial charge is 0.383 e. The molecule has 1 aromatic rings. The van der Waals surface area contributed by atoms with Gasteiger partial charge < -0.3 is 15.0 Å². The Morgan fingerprint density at radius 3 is 2.60 bits per heavy atom. The van der Waals surface area contributed by atoms with Crippen LogP contribution in [0.1, 0.15) is 32.3 Å². The number of nitrogens with one attached hydrogen (secondary N) is 1. The van der Waals surface area contributed by atoms with E-state index in [-0.39, 0.29) is 0 Å². The molecule has 0 spiro atoms. The quantitative estimate of drug-likeness (QED) is 0.704. The third kappa shape index (κ3) is 4.97. The molecule has 0 radical (unpaired) electrons. The van der Waals surface area contributed by atoms with Crippen molar-refractivity contribution in [1.82, 2.24) is 5.32 Å². The van der Waals surface area contributed by atoms with Crippen LogP contribution in [-0.2, 0) is 11.3 Å². The predicted molar refractivity (Wildman–Crippen MR) is 87.8 cm³/mol. The Balaban J connectivity index is 2.83. The summed E-state index contributed by atoms with van der Waals surface area (Å²) in [5.74, 6) is 0. The average molecular weight is 299 g/mol. The molecule has 1 rings (SSSR count). The van der Waals surface area contributed by atoms with Crippen LogP contribution in [0.4, 0.5) is 5.69 Å². The van der Waals surface area contributed by atoms with Crippen molar-refractivity contribution in [3.63, 3.8) is 0 Å². The molecule has 1 N–H and O–H groups in total. The summed E-state index contributed by atoms with van der Waals surface area (Å²) in [6.45, 7) is 6.84. The lowest BCUT2D eigenvalue weighted by Crippen LogP contribution is -2.31. The molecule has 0 heterocycles. The first kappa shape index (κ1) is 17.3. The minimum Gasteiger partial charge on any atom is -0.383 e. The Morgan fingerprint density at radius 2 is 2.00 bits per heavy atom. The van der Waals surface area contributed by atoms with E-state index in [1.807, 2.05) is 6.07 Å². The van der Waals surface area contributed by atoms with E-state index in [0.29, 0.717) is 6.04 Å². The lowest BCUT2D eigenvalue weighted by atomic mass is 10.1.